The van der Waals surface area contributed by atoms with Crippen LogP contribution in [0.5, 0.6) is 0 Å². The molecule has 4 heteroatoms. The number of nitrogens with one attached hydrogen (secondary N) is 2. The maximum Gasteiger partial charge on any atom is 0.225 e. The van der Waals surface area contributed by atoms with E-state index in [1.54, 1.807) is 11.8 Å². The fourth-order valence-electron chi connectivity index (χ4n) is 1.39. The number of thioether (sulfide) groups is 1. The lowest BCUT2D eigenvalue weighted by Crippen LogP contribution is -2.15. The summed E-state index contributed by atoms with van der Waals surface area (Å²) in [5.74, 6) is 0.943. The fraction of sp³-hybridized carbons (Fsp3) is 0.417. The van der Waals surface area contributed by atoms with Crippen LogP contribution in [0, 0.1) is 0 Å². The topological polar surface area (TPSA) is 41.1 Å². The molecule has 1 amide bonds. The van der Waals surface area contributed by atoms with Crippen LogP contribution < -0.4 is 10.6 Å². The van der Waals surface area contributed by atoms with Crippen LogP contribution in [0.2, 0.25) is 0 Å². The Hall–Kier alpha value is -1.000. The molecule has 16 heavy (non-hydrogen) atoms. The molecule has 0 radical (unpaired) electrons. The Balaban J connectivity index is 2.61. The summed E-state index contributed by atoms with van der Waals surface area (Å²) in [5.41, 5.74) is 2.02. The lowest BCUT2D eigenvalue weighted by molar-refractivity contribution is -0.115. The van der Waals surface area contributed by atoms with E-state index in [4.69, 9.17) is 0 Å². The number of carbonyl (C=O) groups excluding carboxylic acids is 1. The molecule has 0 aromatic heterocycles. The Labute approximate surface area is 101 Å². The summed E-state index contributed by atoms with van der Waals surface area (Å²) < 4.78 is 0. The van der Waals surface area contributed by atoms with E-state index < -0.39 is 0 Å². The van der Waals surface area contributed by atoms with E-state index in [-0.39, 0.29) is 5.91 Å². The zero-order valence-corrected chi connectivity index (χ0v) is 10.6. The second-order valence-electron chi connectivity index (χ2n) is 3.48. The molecule has 88 valence electrons. The Kier molecular flexibility index (Phi) is 5.96. The summed E-state index contributed by atoms with van der Waals surface area (Å²) in [6, 6.07) is 7.86. The van der Waals surface area contributed by atoms with Crippen LogP contribution in [0.1, 0.15) is 12.0 Å². The van der Waals surface area contributed by atoms with Gasteiger partial charge < -0.3 is 10.6 Å². The van der Waals surface area contributed by atoms with E-state index in [0.29, 0.717) is 6.42 Å². The quantitative estimate of drug-likeness (QED) is 0.797. The van der Waals surface area contributed by atoms with Gasteiger partial charge in [0.25, 0.3) is 0 Å². The van der Waals surface area contributed by atoms with Gasteiger partial charge in [0.2, 0.25) is 5.91 Å². The van der Waals surface area contributed by atoms with E-state index in [0.717, 1.165) is 23.5 Å². The zero-order chi connectivity index (χ0) is 11.8. The van der Waals surface area contributed by atoms with E-state index in [1.165, 1.54) is 0 Å². The molecule has 1 aromatic rings. The molecule has 2 N–H and O–H groups in total. The molecule has 0 fully saturated rings. The van der Waals surface area contributed by atoms with Crippen molar-refractivity contribution in [2.24, 2.45) is 0 Å². The normalized spacial score (nSPS) is 10.1. The number of anilines is 1. The highest BCUT2D eigenvalue weighted by Gasteiger charge is 2.05. The largest absolute Gasteiger partial charge is 0.326 e. The molecule has 0 aliphatic carbocycles. The first kappa shape index (κ1) is 13.1. The van der Waals surface area contributed by atoms with Crippen molar-refractivity contribution in [3.8, 4) is 0 Å². The van der Waals surface area contributed by atoms with E-state index >= 15 is 0 Å². The van der Waals surface area contributed by atoms with Crippen LogP contribution in [0.4, 0.5) is 5.69 Å². The minimum Gasteiger partial charge on any atom is -0.326 e. The lowest BCUT2D eigenvalue weighted by atomic mass is 10.1. The van der Waals surface area contributed by atoms with Gasteiger partial charge in [0.1, 0.15) is 0 Å². The van der Waals surface area contributed by atoms with Gasteiger partial charge in [-0.3, -0.25) is 4.79 Å². The highest BCUT2D eigenvalue weighted by molar-refractivity contribution is 7.98. The summed E-state index contributed by atoms with van der Waals surface area (Å²) in [6.07, 6.45) is 2.57. The van der Waals surface area contributed by atoms with Gasteiger partial charge in [0.05, 0.1) is 0 Å². The maximum absolute atomic E-state index is 11.6. The smallest absolute Gasteiger partial charge is 0.225 e. The predicted octanol–water partition coefficient (Wildman–Crippen LogP) is 2.10. The Bertz CT molecular complexity index is 342. The summed E-state index contributed by atoms with van der Waals surface area (Å²) >= 11 is 1.68. The second-order valence-corrected chi connectivity index (χ2v) is 4.46. The van der Waals surface area contributed by atoms with Crippen LogP contribution in [0.25, 0.3) is 0 Å². The monoisotopic (exact) mass is 238 g/mol. The Morgan fingerprint density at radius 3 is 2.81 bits per heavy atom. The first-order valence-electron chi connectivity index (χ1n) is 5.29. The van der Waals surface area contributed by atoms with Gasteiger partial charge in [-0.05, 0) is 24.9 Å². The molecule has 0 atom stereocenters. The Morgan fingerprint density at radius 1 is 1.38 bits per heavy atom. The second kappa shape index (κ2) is 7.30. The Morgan fingerprint density at radius 2 is 2.12 bits per heavy atom. The fourth-order valence-corrected chi connectivity index (χ4v) is 1.78. The lowest BCUT2D eigenvalue weighted by Gasteiger charge is -2.10. The van der Waals surface area contributed by atoms with Crippen LogP contribution in [0.15, 0.2) is 24.3 Å². The van der Waals surface area contributed by atoms with Crippen molar-refractivity contribution in [1.29, 1.82) is 0 Å². The number of hydrogen-bond donors (Lipinski definition) is 2. The number of para-hydroxylation sites is 1. The van der Waals surface area contributed by atoms with E-state index in [1.807, 2.05) is 37.6 Å². The third-order valence-corrected chi connectivity index (χ3v) is 2.80. The number of benzene rings is 1. The summed E-state index contributed by atoms with van der Waals surface area (Å²) in [7, 11) is 1.90. The first-order valence-corrected chi connectivity index (χ1v) is 6.68. The number of carbonyl (C=O) groups is 1. The minimum absolute atomic E-state index is 0.0814. The maximum atomic E-state index is 11.6. The molecule has 0 spiro atoms. The van der Waals surface area contributed by atoms with Crippen molar-refractivity contribution in [2.75, 3.05) is 24.4 Å². The zero-order valence-electron chi connectivity index (χ0n) is 9.75. The van der Waals surface area contributed by atoms with Crippen molar-refractivity contribution in [3.63, 3.8) is 0 Å². The van der Waals surface area contributed by atoms with Crippen LogP contribution in [-0.2, 0) is 11.3 Å². The molecule has 0 aliphatic heterocycles. The van der Waals surface area contributed by atoms with Gasteiger partial charge in [0, 0.05) is 24.4 Å². The molecule has 1 aromatic carbocycles. The average molecular weight is 238 g/mol. The van der Waals surface area contributed by atoms with Crippen LogP contribution in [0.3, 0.4) is 0 Å². The molecule has 0 saturated carbocycles. The van der Waals surface area contributed by atoms with Gasteiger partial charge in [-0.2, -0.15) is 11.8 Å². The van der Waals surface area contributed by atoms with Crippen LogP contribution >= 0.6 is 11.8 Å². The molecule has 1 rings (SSSR count). The molecular weight excluding hydrogens is 220 g/mol. The third kappa shape index (κ3) is 4.24. The molecule has 0 heterocycles. The third-order valence-electron chi connectivity index (χ3n) is 2.19. The highest BCUT2D eigenvalue weighted by Crippen LogP contribution is 2.15. The van der Waals surface area contributed by atoms with Gasteiger partial charge >= 0.3 is 0 Å². The summed E-state index contributed by atoms with van der Waals surface area (Å²) in [5, 5.41) is 6.02. The first-order chi connectivity index (χ1) is 7.77. The van der Waals surface area contributed by atoms with E-state index in [2.05, 4.69) is 10.6 Å². The van der Waals surface area contributed by atoms with Crippen molar-refractivity contribution in [3.05, 3.63) is 29.8 Å². The molecule has 0 bridgehead atoms. The number of hydrogen-bond acceptors (Lipinski definition) is 3. The van der Waals surface area contributed by atoms with Crippen molar-refractivity contribution < 1.29 is 4.79 Å². The average Bonchev–Trinajstić information content (AvgIpc) is 2.29. The standard InChI is InChI=1S/C12H18N2OS/c1-13-9-10-5-3-4-6-11(10)14-12(15)7-8-16-2/h3-6,13H,7-9H2,1-2H3,(H,14,15). The van der Waals surface area contributed by atoms with Crippen molar-refractivity contribution in [1.82, 2.24) is 5.32 Å². The van der Waals surface area contributed by atoms with Gasteiger partial charge in [-0.15, -0.1) is 0 Å². The summed E-state index contributed by atoms with van der Waals surface area (Å²) in [6.45, 7) is 0.763. The van der Waals surface area contributed by atoms with Crippen molar-refractivity contribution >= 4 is 23.4 Å². The SMILES string of the molecule is CNCc1ccccc1NC(=O)CCSC. The number of rotatable bonds is 6. The van der Waals surface area contributed by atoms with Gasteiger partial charge in [-0.1, -0.05) is 18.2 Å². The van der Waals surface area contributed by atoms with Crippen LogP contribution in [-0.4, -0.2) is 25.0 Å². The van der Waals surface area contributed by atoms with Gasteiger partial charge in [-0.25, -0.2) is 0 Å². The van der Waals surface area contributed by atoms with Gasteiger partial charge in [0.15, 0.2) is 0 Å². The molecular formula is C12H18N2OS. The molecule has 0 aliphatic rings. The summed E-state index contributed by atoms with van der Waals surface area (Å²) in [4.78, 5) is 11.6. The minimum atomic E-state index is 0.0814. The van der Waals surface area contributed by atoms with Crippen molar-refractivity contribution in [2.45, 2.75) is 13.0 Å². The molecule has 0 unspecified atom stereocenters. The number of amides is 1. The molecule has 3 nitrogen and oxygen atoms in total. The molecule has 0 saturated heterocycles. The predicted molar refractivity (Wildman–Crippen MR) is 70.8 cm³/mol. The van der Waals surface area contributed by atoms with E-state index in [9.17, 15) is 4.79 Å². The highest BCUT2D eigenvalue weighted by atomic mass is 32.2.